The number of imidazole rings is 1. The number of rotatable bonds is 0. The monoisotopic (exact) mass is 445 g/mol. The van der Waals surface area contributed by atoms with Crippen LogP contribution in [-0.2, 0) is 12.8 Å². The van der Waals surface area contributed by atoms with Gasteiger partial charge in [0.15, 0.2) is 0 Å². The number of aromatic nitrogens is 3. The second-order valence-electron chi connectivity index (χ2n) is 9.80. The lowest BCUT2D eigenvalue weighted by atomic mass is 9.96. The summed E-state index contributed by atoms with van der Waals surface area (Å²) in [7, 11) is 0. The van der Waals surface area contributed by atoms with E-state index in [1.807, 2.05) is 12.4 Å². The van der Waals surface area contributed by atoms with Gasteiger partial charge < -0.3 is 0 Å². The molecule has 7 aromatic rings. The summed E-state index contributed by atoms with van der Waals surface area (Å²) in [5.41, 5.74) is 15.7. The van der Waals surface area contributed by atoms with Gasteiger partial charge in [0.2, 0.25) is 0 Å². The Labute approximate surface area is 201 Å². The van der Waals surface area contributed by atoms with Crippen LogP contribution in [0.1, 0.15) is 22.3 Å². The standard InChI is InChI=1S/C32H19N3/c1-2-6-19-18(5-1)15-25-20(19)9-10-21-22-11-12-24-23-13-14-33-17-30(23)35-29-8-4-3-7-28(29)34-32(35)31(24)27(22)16-26(21)25/h1-14,17H,15-16H2. The Bertz CT molecular complexity index is 2060. The molecule has 0 atom stereocenters. The largest absolute Gasteiger partial charge is 0.290 e. The van der Waals surface area contributed by atoms with Gasteiger partial charge in [0, 0.05) is 17.0 Å². The molecule has 2 aliphatic rings. The van der Waals surface area contributed by atoms with Crippen LogP contribution in [-0.4, -0.2) is 14.4 Å². The zero-order valence-corrected chi connectivity index (χ0v) is 18.9. The first-order valence-corrected chi connectivity index (χ1v) is 12.2. The number of hydrogen-bond donors (Lipinski definition) is 0. The summed E-state index contributed by atoms with van der Waals surface area (Å²) in [5, 5.41) is 3.76. The van der Waals surface area contributed by atoms with Gasteiger partial charge in [-0.3, -0.25) is 9.38 Å². The van der Waals surface area contributed by atoms with Crippen LogP contribution in [0.2, 0.25) is 0 Å². The van der Waals surface area contributed by atoms with Crippen molar-refractivity contribution >= 4 is 38.4 Å². The predicted molar refractivity (Wildman–Crippen MR) is 142 cm³/mol. The van der Waals surface area contributed by atoms with Gasteiger partial charge in [-0.25, -0.2) is 4.98 Å². The topological polar surface area (TPSA) is 30.2 Å². The molecule has 4 aromatic carbocycles. The highest BCUT2D eigenvalue weighted by Crippen LogP contribution is 2.49. The van der Waals surface area contributed by atoms with Crippen LogP contribution in [0.5, 0.6) is 0 Å². The highest BCUT2D eigenvalue weighted by molar-refractivity contribution is 6.16. The summed E-state index contributed by atoms with van der Waals surface area (Å²) in [5.74, 6) is 0. The minimum atomic E-state index is 0.953. The second-order valence-corrected chi connectivity index (χ2v) is 9.80. The van der Waals surface area contributed by atoms with Crippen LogP contribution in [0.4, 0.5) is 0 Å². The molecule has 0 saturated heterocycles. The van der Waals surface area contributed by atoms with Gasteiger partial charge in [-0.2, -0.15) is 0 Å². The summed E-state index contributed by atoms with van der Waals surface area (Å²) in [6, 6.07) is 28.8. The molecule has 0 radical (unpaired) electrons. The molecule has 9 rings (SSSR count). The molecule has 0 bridgehead atoms. The molecule has 3 heterocycles. The molecule has 35 heavy (non-hydrogen) atoms. The molecular weight excluding hydrogens is 426 g/mol. The summed E-state index contributed by atoms with van der Waals surface area (Å²) in [6.45, 7) is 0. The average Bonchev–Trinajstić information content (AvgIpc) is 3.59. The van der Waals surface area contributed by atoms with E-state index in [1.165, 1.54) is 60.7 Å². The van der Waals surface area contributed by atoms with E-state index in [4.69, 9.17) is 4.98 Å². The maximum atomic E-state index is 5.17. The molecule has 3 heteroatoms. The van der Waals surface area contributed by atoms with E-state index < -0.39 is 0 Å². The first kappa shape index (κ1) is 17.9. The van der Waals surface area contributed by atoms with Crippen LogP contribution in [0.3, 0.4) is 0 Å². The van der Waals surface area contributed by atoms with Crippen molar-refractivity contribution in [1.29, 1.82) is 0 Å². The Hall–Kier alpha value is -4.50. The van der Waals surface area contributed by atoms with Gasteiger partial charge in [-0.05, 0) is 80.9 Å². The van der Waals surface area contributed by atoms with E-state index in [9.17, 15) is 0 Å². The van der Waals surface area contributed by atoms with E-state index in [2.05, 4.69) is 88.2 Å². The zero-order valence-electron chi connectivity index (χ0n) is 18.9. The molecule has 3 nitrogen and oxygen atoms in total. The number of benzene rings is 4. The minimum Gasteiger partial charge on any atom is -0.290 e. The molecule has 0 unspecified atom stereocenters. The van der Waals surface area contributed by atoms with Crippen molar-refractivity contribution in [3.63, 3.8) is 0 Å². The lowest BCUT2D eigenvalue weighted by molar-refractivity contribution is 1.17. The van der Waals surface area contributed by atoms with Gasteiger partial charge in [-0.15, -0.1) is 0 Å². The first-order chi connectivity index (χ1) is 17.4. The maximum Gasteiger partial charge on any atom is 0.146 e. The van der Waals surface area contributed by atoms with E-state index in [0.717, 1.165) is 35.0 Å². The molecule has 3 aromatic heterocycles. The normalized spacial score (nSPS) is 13.5. The predicted octanol–water partition coefficient (Wildman–Crippen LogP) is 7.33. The van der Waals surface area contributed by atoms with Gasteiger partial charge >= 0.3 is 0 Å². The van der Waals surface area contributed by atoms with Crippen molar-refractivity contribution < 1.29 is 0 Å². The first-order valence-electron chi connectivity index (χ1n) is 12.2. The molecule has 162 valence electrons. The molecule has 0 N–H and O–H groups in total. The molecular formula is C32H19N3. The highest BCUT2D eigenvalue weighted by atomic mass is 15.0. The van der Waals surface area contributed by atoms with Crippen LogP contribution < -0.4 is 0 Å². The van der Waals surface area contributed by atoms with Crippen LogP contribution in [0.25, 0.3) is 60.6 Å². The molecule has 2 aliphatic carbocycles. The van der Waals surface area contributed by atoms with Crippen molar-refractivity contribution in [1.82, 2.24) is 14.4 Å². The zero-order chi connectivity index (χ0) is 22.7. The lowest BCUT2D eigenvalue weighted by Crippen LogP contribution is -1.95. The van der Waals surface area contributed by atoms with Gasteiger partial charge in [-0.1, -0.05) is 60.7 Å². The fourth-order valence-electron chi connectivity index (χ4n) is 6.70. The van der Waals surface area contributed by atoms with E-state index in [1.54, 1.807) is 0 Å². The number of para-hydroxylation sites is 2. The minimum absolute atomic E-state index is 0.953. The summed E-state index contributed by atoms with van der Waals surface area (Å²) >= 11 is 0. The fourth-order valence-corrected chi connectivity index (χ4v) is 6.70. The SMILES string of the molecule is c1ccc2c(c1)Cc1c-2ccc2c1Cc1c-2ccc2c3ccncc3n3c4ccccc4nc3c12. The molecule has 0 aliphatic heterocycles. The van der Waals surface area contributed by atoms with Gasteiger partial charge in [0.25, 0.3) is 0 Å². The van der Waals surface area contributed by atoms with Crippen molar-refractivity contribution in [2.75, 3.05) is 0 Å². The number of fused-ring (bicyclic) bond motifs is 16. The van der Waals surface area contributed by atoms with E-state index in [-0.39, 0.29) is 0 Å². The van der Waals surface area contributed by atoms with Crippen LogP contribution >= 0.6 is 0 Å². The smallest absolute Gasteiger partial charge is 0.146 e. The Kier molecular flexibility index (Phi) is 3.14. The fraction of sp³-hybridized carbons (Fsp3) is 0.0625. The second kappa shape index (κ2) is 6.13. The summed E-state index contributed by atoms with van der Waals surface area (Å²) < 4.78 is 2.31. The average molecular weight is 446 g/mol. The molecule has 0 spiro atoms. The van der Waals surface area contributed by atoms with Crippen molar-refractivity contribution in [2.24, 2.45) is 0 Å². The number of pyridine rings is 2. The van der Waals surface area contributed by atoms with E-state index in [0.29, 0.717) is 0 Å². The third-order valence-corrected chi connectivity index (χ3v) is 8.18. The number of nitrogens with zero attached hydrogens (tertiary/aromatic N) is 3. The summed E-state index contributed by atoms with van der Waals surface area (Å²) in [4.78, 5) is 9.65. The molecule has 0 saturated carbocycles. The Balaban J connectivity index is 1.41. The maximum absolute atomic E-state index is 5.17. The lowest BCUT2D eigenvalue weighted by Gasteiger charge is -2.12. The quantitative estimate of drug-likeness (QED) is 0.229. The van der Waals surface area contributed by atoms with Gasteiger partial charge in [0.05, 0.1) is 22.7 Å². The van der Waals surface area contributed by atoms with Crippen molar-refractivity contribution in [3.8, 4) is 22.3 Å². The van der Waals surface area contributed by atoms with Crippen molar-refractivity contribution in [3.05, 3.63) is 114 Å². The van der Waals surface area contributed by atoms with Crippen LogP contribution in [0, 0.1) is 0 Å². The Morgan fingerprint density at radius 2 is 1.37 bits per heavy atom. The third-order valence-electron chi connectivity index (χ3n) is 8.18. The van der Waals surface area contributed by atoms with Crippen molar-refractivity contribution in [2.45, 2.75) is 12.8 Å². The van der Waals surface area contributed by atoms with E-state index >= 15 is 0 Å². The Morgan fingerprint density at radius 3 is 2.34 bits per heavy atom. The Morgan fingerprint density at radius 1 is 0.600 bits per heavy atom. The molecule has 0 amide bonds. The third kappa shape index (κ3) is 2.12. The summed E-state index contributed by atoms with van der Waals surface area (Å²) in [6.07, 6.45) is 5.85. The number of hydrogen-bond acceptors (Lipinski definition) is 2. The van der Waals surface area contributed by atoms with Crippen LogP contribution in [0.15, 0.2) is 91.3 Å². The highest BCUT2D eigenvalue weighted by Gasteiger charge is 2.30. The molecule has 0 fully saturated rings. The van der Waals surface area contributed by atoms with Gasteiger partial charge in [0.1, 0.15) is 5.65 Å².